The average Bonchev–Trinajstić information content (AvgIpc) is 2.77. The van der Waals surface area contributed by atoms with Crippen molar-refractivity contribution in [2.45, 2.75) is 29.7 Å². The lowest BCUT2D eigenvalue weighted by atomic mass is 9.89. The second-order valence-corrected chi connectivity index (χ2v) is 8.14. The van der Waals surface area contributed by atoms with E-state index in [0.717, 1.165) is 43.1 Å². The first-order valence-corrected chi connectivity index (χ1v) is 9.95. The van der Waals surface area contributed by atoms with E-state index in [0.29, 0.717) is 17.5 Å². The predicted octanol–water partition coefficient (Wildman–Crippen LogP) is 4.39. The van der Waals surface area contributed by atoms with Crippen LogP contribution in [0.25, 0.3) is 11.1 Å². The lowest BCUT2D eigenvalue weighted by molar-refractivity contribution is 0.403. The van der Waals surface area contributed by atoms with Crippen LogP contribution in [0.3, 0.4) is 0 Å². The normalized spacial score (nSPS) is 24.6. The fourth-order valence-electron chi connectivity index (χ4n) is 4.67. The topological polar surface area (TPSA) is 15.3 Å². The third-order valence-corrected chi connectivity index (χ3v) is 6.91. The van der Waals surface area contributed by atoms with E-state index in [1.807, 2.05) is 6.07 Å². The molecule has 3 aliphatic heterocycles. The van der Waals surface area contributed by atoms with E-state index in [1.54, 1.807) is 11.8 Å². The molecule has 0 aromatic heterocycles. The summed E-state index contributed by atoms with van der Waals surface area (Å²) in [5.41, 5.74) is 3.41. The van der Waals surface area contributed by atoms with Gasteiger partial charge in [0.25, 0.3) is 0 Å². The minimum Gasteiger partial charge on any atom is -0.367 e. The maximum Gasteiger partial charge on any atom is 0.134 e. The summed E-state index contributed by atoms with van der Waals surface area (Å²) in [6, 6.07) is 8.69. The molecular formula is C20H20F2N2S. The molecule has 25 heavy (non-hydrogen) atoms. The van der Waals surface area contributed by atoms with Crippen LogP contribution in [0.15, 0.2) is 35.2 Å². The molecule has 130 valence electrons. The Balaban J connectivity index is 1.74. The van der Waals surface area contributed by atoms with Crippen molar-refractivity contribution in [3.05, 3.63) is 47.5 Å². The standard InChI is InChI=1S/C20H20F2N2S/c21-15-3-1-4-16(22)18(15)13-6-5-12-14-11-23-8-7-17(14)24-9-2-10-25-20(13)19(12)24/h1,3-6,14,17,23H,2,7-11H2/t14-,17-/m0/s1. The number of piperidine rings is 1. The summed E-state index contributed by atoms with van der Waals surface area (Å²) < 4.78 is 28.9. The van der Waals surface area contributed by atoms with Crippen molar-refractivity contribution in [1.29, 1.82) is 0 Å². The number of thioether (sulfide) groups is 1. The molecule has 1 saturated heterocycles. The summed E-state index contributed by atoms with van der Waals surface area (Å²) in [6.45, 7) is 3.08. The highest BCUT2D eigenvalue weighted by Crippen LogP contribution is 2.52. The lowest BCUT2D eigenvalue weighted by Crippen LogP contribution is -2.44. The Labute approximate surface area is 150 Å². The quantitative estimate of drug-likeness (QED) is 0.814. The summed E-state index contributed by atoms with van der Waals surface area (Å²) >= 11 is 1.76. The number of rotatable bonds is 1. The van der Waals surface area contributed by atoms with E-state index < -0.39 is 11.6 Å². The number of nitrogens with one attached hydrogen (secondary N) is 1. The van der Waals surface area contributed by atoms with Gasteiger partial charge in [0.15, 0.2) is 0 Å². The number of nitrogens with zero attached hydrogens (tertiary/aromatic N) is 1. The van der Waals surface area contributed by atoms with Crippen molar-refractivity contribution in [2.75, 3.05) is 30.3 Å². The molecule has 0 spiro atoms. The van der Waals surface area contributed by atoms with Crippen molar-refractivity contribution < 1.29 is 8.78 Å². The molecule has 0 bridgehead atoms. The highest BCUT2D eigenvalue weighted by atomic mass is 32.2. The van der Waals surface area contributed by atoms with Crippen LogP contribution in [0.5, 0.6) is 0 Å². The summed E-state index contributed by atoms with van der Waals surface area (Å²) in [4.78, 5) is 3.59. The van der Waals surface area contributed by atoms with Gasteiger partial charge in [-0.05, 0) is 42.8 Å². The van der Waals surface area contributed by atoms with Crippen LogP contribution in [0, 0.1) is 11.6 Å². The smallest absolute Gasteiger partial charge is 0.134 e. The first kappa shape index (κ1) is 15.6. The molecule has 1 fully saturated rings. The Kier molecular flexibility index (Phi) is 3.75. The van der Waals surface area contributed by atoms with Gasteiger partial charge in [-0.3, -0.25) is 0 Å². The van der Waals surface area contributed by atoms with Crippen molar-refractivity contribution in [2.24, 2.45) is 0 Å². The van der Waals surface area contributed by atoms with Crippen LogP contribution < -0.4 is 10.2 Å². The highest BCUT2D eigenvalue weighted by molar-refractivity contribution is 7.99. The van der Waals surface area contributed by atoms with Gasteiger partial charge in [0.2, 0.25) is 0 Å². The second kappa shape index (κ2) is 5.99. The summed E-state index contributed by atoms with van der Waals surface area (Å²) in [5, 5.41) is 3.51. The van der Waals surface area contributed by atoms with Gasteiger partial charge in [-0.15, -0.1) is 11.8 Å². The first-order chi connectivity index (χ1) is 12.3. The molecule has 2 aromatic rings. The fourth-order valence-corrected chi connectivity index (χ4v) is 5.84. The first-order valence-electron chi connectivity index (χ1n) is 8.97. The van der Waals surface area contributed by atoms with Crippen molar-refractivity contribution >= 4 is 17.4 Å². The Morgan fingerprint density at radius 3 is 2.80 bits per heavy atom. The van der Waals surface area contributed by atoms with E-state index in [1.165, 1.54) is 29.4 Å². The van der Waals surface area contributed by atoms with Gasteiger partial charge in [0.05, 0.1) is 11.3 Å². The predicted molar refractivity (Wildman–Crippen MR) is 98.5 cm³/mol. The third kappa shape index (κ3) is 2.32. The van der Waals surface area contributed by atoms with Gasteiger partial charge in [-0.1, -0.05) is 18.2 Å². The highest BCUT2D eigenvalue weighted by Gasteiger charge is 2.42. The van der Waals surface area contributed by atoms with Crippen molar-refractivity contribution in [3.63, 3.8) is 0 Å². The van der Waals surface area contributed by atoms with Crippen LogP contribution in [0.2, 0.25) is 0 Å². The maximum atomic E-state index is 14.4. The zero-order valence-electron chi connectivity index (χ0n) is 13.9. The lowest BCUT2D eigenvalue weighted by Gasteiger charge is -2.33. The van der Waals surface area contributed by atoms with Crippen molar-refractivity contribution in [3.8, 4) is 11.1 Å². The summed E-state index contributed by atoms with van der Waals surface area (Å²) in [7, 11) is 0. The molecule has 3 heterocycles. The average molecular weight is 358 g/mol. The molecule has 2 nitrogen and oxygen atoms in total. The molecule has 5 rings (SSSR count). The molecular weight excluding hydrogens is 338 g/mol. The molecule has 2 atom stereocenters. The maximum absolute atomic E-state index is 14.4. The zero-order valence-corrected chi connectivity index (χ0v) is 14.7. The molecule has 0 aliphatic carbocycles. The van der Waals surface area contributed by atoms with E-state index in [-0.39, 0.29) is 5.56 Å². The van der Waals surface area contributed by atoms with Gasteiger partial charge in [0, 0.05) is 35.5 Å². The molecule has 2 aromatic carbocycles. The van der Waals surface area contributed by atoms with E-state index in [2.05, 4.69) is 16.3 Å². The molecule has 0 radical (unpaired) electrons. The SMILES string of the molecule is Fc1cccc(F)c1-c1ccc2c3c1SCCCN3[C@H]1CCNC[C@@H]21. The minimum absolute atomic E-state index is 0.114. The summed E-state index contributed by atoms with van der Waals surface area (Å²) in [5.74, 6) is 0.515. The number of anilines is 1. The van der Waals surface area contributed by atoms with Gasteiger partial charge in [-0.25, -0.2) is 8.78 Å². The largest absolute Gasteiger partial charge is 0.367 e. The Morgan fingerprint density at radius 1 is 1.12 bits per heavy atom. The second-order valence-electron chi connectivity index (χ2n) is 7.04. The fraction of sp³-hybridized carbons (Fsp3) is 0.400. The van der Waals surface area contributed by atoms with E-state index in [4.69, 9.17) is 0 Å². The molecule has 0 amide bonds. The van der Waals surface area contributed by atoms with Crippen LogP contribution in [0.4, 0.5) is 14.5 Å². The molecule has 3 aliphatic rings. The molecule has 0 unspecified atom stereocenters. The summed E-state index contributed by atoms with van der Waals surface area (Å²) in [6.07, 6.45) is 2.24. The third-order valence-electron chi connectivity index (χ3n) is 5.72. The van der Waals surface area contributed by atoms with E-state index in [9.17, 15) is 8.78 Å². The van der Waals surface area contributed by atoms with E-state index >= 15 is 0 Å². The van der Waals surface area contributed by atoms with Crippen LogP contribution in [-0.4, -0.2) is 31.4 Å². The zero-order chi connectivity index (χ0) is 17.0. The Bertz CT molecular complexity index is 818. The van der Waals surface area contributed by atoms with Gasteiger partial charge in [-0.2, -0.15) is 0 Å². The monoisotopic (exact) mass is 358 g/mol. The molecule has 5 heteroatoms. The van der Waals surface area contributed by atoms with Gasteiger partial charge in [0.1, 0.15) is 11.6 Å². The minimum atomic E-state index is -0.482. The van der Waals surface area contributed by atoms with Crippen LogP contribution in [-0.2, 0) is 0 Å². The Morgan fingerprint density at radius 2 is 1.96 bits per heavy atom. The number of hydrogen-bond acceptors (Lipinski definition) is 3. The Hall–Kier alpha value is -1.59. The van der Waals surface area contributed by atoms with Crippen molar-refractivity contribution in [1.82, 2.24) is 5.32 Å². The van der Waals surface area contributed by atoms with Gasteiger partial charge < -0.3 is 10.2 Å². The number of fused-ring (bicyclic) bond motifs is 3. The van der Waals surface area contributed by atoms with Crippen LogP contribution >= 0.6 is 11.8 Å². The number of hydrogen-bond donors (Lipinski definition) is 1. The number of halogens is 2. The molecule has 0 saturated carbocycles. The van der Waals surface area contributed by atoms with Gasteiger partial charge >= 0.3 is 0 Å². The van der Waals surface area contributed by atoms with Crippen LogP contribution in [0.1, 0.15) is 24.3 Å². The number of benzene rings is 2. The molecule has 1 N–H and O–H groups in total.